The van der Waals surface area contributed by atoms with E-state index in [1.165, 1.54) is 4.90 Å². The quantitative estimate of drug-likeness (QED) is 0.821. The Labute approximate surface area is 111 Å². The SMILES string of the molecule is O=C(c1n[nH]c(C2CC2)n1)N1CCCS(=O)(=O)CC1. The van der Waals surface area contributed by atoms with Crippen LogP contribution >= 0.6 is 0 Å². The molecule has 104 valence electrons. The van der Waals surface area contributed by atoms with Crippen molar-refractivity contribution in [1.29, 1.82) is 0 Å². The van der Waals surface area contributed by atoms with Crippen LogP contribution in [0.2, 0.25) is 0 Å². The predicted octanol–water partition coefficient (Wildman–Crippen LogP) is -0.0572. The Morgan fingerprint density at radius 1 is 1.26 bits per heavy atom. The molecule has 2 fully saturated rings. The molecule has 3 rings (SSSR count). The van der Waals surface area contributed by atoms with Gasteiger partial charge in [-0.05, 0) is 19.3 Å². The fourth-order valence-corrected chi connectivity index (χ4v) is 3.46. The highest BCUT2D eigenvalue weighted by Crippen LogP contribution is 2.37. The molecule has 0 atom stereocenters. The first-order chi connectivity index (χ1) is 9.05. The van der Waals surface area contributed by atoms with E-state index in [-0.39, 0.29) is 29.8 Å². The smallest absolute Gasteiger partial charge is 0.293 e. The lowest BCUT2D eigenvalue weighted by Gasteiger charge is -2.17. The van der Waals surface area contributed by atoms with Crippen molar-refractivity contribution in [2.24, 2.45) is 0 Å². The lowest BCUT2D eigenvalue weighted by molar-refractivity contribution is 0.0756. The maximum Gasteiger partial charge on any atom is 0.293 e. The Hall–Kier alpha value is -1.44. The summed E-state index contributed by atoms with van der Waals surface area (Å²) in [6.07, 6.45) is 2.66. The van der Waals surface area contributed by atoms with Crippen LogP contribution in [0, 0.1) is 0 Å². The first-order valence-corrected chi connectivity index (χ1v) is 8.29. The van der Waals surface area contributed by atoms with E-state index in [4.69, 9.17) is 0 Å². The van der Waals surface area contributed by atoms with Crippen LogP contribution in [-0.4, -0.2) is 59.0 Å². The molecule has 0 bridgehead atoms. The first kappa shape index (κ1) is 12.6. The van der Waals surface area contributed by atoms with Crippen LogP contribution in [-0.2, 0) is 9.84 Å². The predicted molar refractivity (Wildman–Crippen MR) is 67.5 cm³/mol. The van der Waals surface area contributed by atoms with Crippen molar-refractivity contribution in [3.8, 4) is 0 Å². The van der Waals surface area contributed by atoms with E-state index >= 15 is 0 Å². The zero-order valence-corrected chi connectivity index (χ0v) is 11.3. The minimum absolute atomic E-state index is 0.0264. The monoisotopic (exact) mass is 284 g/mol. The maximum absolute atomic E-state index is 12.2. The van der Waals surface area contributed by atoms with Gasteiger partial charge in [-0.25, -0.2) is 13.4 Å². The summed E-state index contributed by atoms with van der Waals surface area (Å²) in [5.41, 5.74) is 0. The van der Waals surface area contributed by atoms with Crippen LogP contribution < -0.4 is 0 Å². The van der Waals surface area contributed by atoms with Gasteiger partial charge in [0.05, 0.1) is 11.5 Å². The van der Waals surface area contributed by atoms with E-state index < -0.39 is 9.84 Å². The van der Waals surface area contributed by atoms with Gasteiger partial charge in [-0.2, -0.15) is 0 Å². The van der Waals surface area contributed by atoms with Crippen molar-refractivity contribution in [2.45, 2.75) is 25.2 Å². The number of rotatable bonds is 2. The second kappa shape index (κ2) is 4.59. The van der Waals surface area contributed by atoms with E-state index in [0.29, 0.717) is 18.9 Å². The summed E-state index contributed by atoms with van der Waals surface area (Å²) >= 11 is 0. The van der Waals surface area contributed by atoms with Gasteiger partial charge in [0.15, 0.2) is 9.84 Å². The van der Waals surface area contributed by atoms with Gasteiger partial charge in [0.2, 0.25) is 5.82 Å². The Bertz CT molecular complexity index is 591. The van der Waals surface area contributed by atoms with Crippen LogP contribution in [0.25, 0.3) is 0 Å². The van der Waals surface area contributed by atoms with Crippen LogP contribution in [0.3, 0.4) is 0 Å². The zero-order chi connectivity index (χ0) is 13.5. The van der Waals surface area contributed by atoms with Gasteiger partial charge < -0.3 is 4.90 Å². The third kappa shape index (κ3) is 2.78. The molecule has 1 amide bonds. The zero-order valence-electron chi connectivity index (χ0n) is 10.5. The topological polar surface area (TPSA) is 96.0 Å². The van der Waals surface area contributed by atoms with Gasteiger partial charge in [-0.3, -0.25) is 9.89 Å². The van der Waals surface area contributed by atoms with Crippen molar-refractivity contribution in [1.82, 2.24) is 20.1 Å². The number of sulfone groups is 1. The van der Waals surface area contributed by atoms with E-state index in [1.54, 1.807) is 0 Å². The van der Waals surface area contributed by atoms with Gasteiger partial charge in [0.1, 0.15) is 5.82 Å². The third-order valence-electron chi connectivity index (χ3n) is 3.50. The van der Waals surface area contributed by atoms with Crippen molar-refractivity contribution in [3.63, 3.8) is 0 Å². The average molecular weight is 284 g/mol. The molecule has 0 spiro atoms. The van der Waals surface area contributed by atoms with Crippen molar-refractivity contribution in [2.75, 3.05) is 24.6 Å². The molecule has 19 heavy (non-hydrogen) atoms. The number of carbonyl (C=O) groups excluding carboxylic acids is 1. The van der Waals surface area contributed by atoms with E-state index in [2.05, 4.69) is 15.2 Å². The summed E-state index contributed by atoms with van der Waals surface area (Å²) in [6.45, 7) is 0.680. The van der Waals surface area contributed by atoms with E-state index in [1.807, 2.05) is 0 Å². The van der Waals surface area contributed by atoms with Gasteiger partial charge in [-0.15, -0.1) is 5.10 Å². The molecule has 0 unspecified atom stereocenters. The Morgan fingerprint density at radius 2 is 2.05 bits per heavy atom. The molecule has 1 aromatic rings. The minimum atomic E-state index is -3.01. The van der Waals surface area contributed by atoms with Crippen LogP contribution in [0.15, 0.2) is 0 Å². The molecular formula is C11H16N4O3S. The van der Waals surface area contributed by atoms with E-state index in [9.17, 15) is 13.2 Å². The number of hydrogen-bond donors (Lipinski definition) is 1. The second-order valence-electron chi connectivity index (χ2n) is 5.12. The highest BCUT2D eigenvalue weighted by atomic mass is 32.2. The fourth-order valence-electron chi connectivity index (χ4n) is 2.19. The molecule has 1 aliphatic heterocycles. The number of aromatic nitrogens is 3. The molecule has 1 saturated carbocycles. The van der Waals surface area contributed by atoms with Crippen LogP contribution in [0.5, 0.6) is 0 Å². The largest absolute Gasteiger partial charge is 0.335 e. The molecule has 0 radical (unpaired) electrons. The van der Waals surface area contributed by atoms with Crippen molar-refractivity contribution >= 4 is 15.7 Å². The van der Waals surface area contributed by atoms with Crippen LogP contribution in [0.1, 0.15) is 41.6 Å². The molecule has 2 heterocycles. The highest BCUT2D eigenvalue weighted by Gasteiger charge is 2.30. The van der Waals surface area contributed by atoms with Gasteiger partial charge in [0.25, 0.3) is 5.91 Å². The molecular weight excluding hydrogens is 268 g/mol. The summed E-state index contributed by atoms with van der Waals surface area (Å²) in [4.78, 5) is 17.9. The molecule has 1 N–H and O–H groups in total. The first-order valence-electron chi connectivity index (χ1n) is 6.47. The number of hydrogen-bond acceptors (Lipinski definition) is 5. The molecule has 1 saturated heterocycles. The van der Waals surface area contributed by atoms with Gasteiger partial charge in [-0.1, -0.05) is 0 Å². The van der Waals surface area contributed by atoms with Gasteiger partial charge in [0, 0.05) is 19.0 Å². The second-order valence-corrected chi connectivity index (χ2v) is 7.42. The Balaban J connectivity index is 1.71. The lowest BCUT2D eigenvalue weighted by Crippen LogP contribution is -2.34. The normalized spacial score (nSPS) is 23.1. The lowest BCUT2D eigenvalue weighted by atomic mass is 10.3. The number of H-pyrrole nitrogens is 1. The summed E-state index contributed by atoms with van der Waals surface area (Å²) < 4.78 is 23.0. The summed E-state index contributed by atoms with van der Waals surface area (Å²) in [7, 11) is -3.01. The molecule has 0 aromatic carbocycles. The highest BCUT2D eigenvalue weighted by molar-refractivity contribution is 7.91. The Kier molecular flexibility index (Phi) is 3.04. The molecule has 1 aromatic heterocycles. The maximum atomic E-state index is 12.2. The van der Waals surface area contributed by atoms with E-state index in [0.717, 1.165) is 18.7 Å². The Morgan fingerprint density at radius 3 is 2.79 bits per heavy atom. The molecule has 2 aliphatic rings. The molecule has 8 heteroatoms. The van der Waals surface area contributed by atoms with Crippen molar-refractivity contribution < 1.29 is 13.2 Å². The number of carbonyl (C=O) groups is 1. The van der Waals surface area contributed by atoms with Gasteiger partial charge >= 0.3 is 0 Å². The standard InChI is InChI=1S/C11H16N4O3S/c16-11(10-12-9(13-14-10)8-2-3-8)15-4-1-6-19(17,18)7-5-15/h8H,1-7H2,(H,12,13,14). The number of amides is 1. The summed E-state index contributed by atoms with van der Waals surface area (Å²) in [5.74, 6) is 1.24. The number of nitrogens with one attached hydrogen (secondary N) is 1. The number of aromatic amines is 1. The molecule has 7 nitrogen and oxygen atoms in total. The van der Waals surface area contributed by atoms with Crippen molar-refractivity contribution in [3.05, 3.63) is 11.6 Å². The third-order valence-corrected chi connectivity index (χ3v) is 5.22. The average Bonchev–Trinajstić information content (AvgIpc) is 3.13. The molecule has 1 aliphatic carbocycles. The van der Waals surface area contributed by atoms with Crippen LogP contribution in [0.4, 0.5) is 0 Å². The summed E-state index contributed by atoms with van der Waals surface area (Å²) in [5, 5.41) is 6.74. The summed E-state index contributed by atoms with van der Waals surface area (Å²) in [6, 6.07) is 0. The minimum Gasteiger partial charge on any atom is -0.335 e. The fraction of sp³-hybridized carbons (Fsp3) is 0.727. The number of nitrogens with zero attached hydrogens (tertiary/aromatic N) is 3.